The van der Waals surface area contributed by atoms with Gasteiger partial charge >= 0.3 is 0 Å². The van der Waals surface area contributed by atoms with E-state index >= 15 is 0 Å². The van der Waals surface area contributed by atoms with E-state index in [9.17, 15) is 0 Å². The van der Waals surface area contributed by atoms with Gasteiger partial charge < -0.3 is 14.8 Å². The number of piperidine rings is 1. The molecule has 3 unspecified atom stereocenters. The lowest BCUT2D eigenvalue weighted by molar-refractivity contribution is 0.0610. The summed E-state index contributed by atoms with van der Waals surface area (Å²) in [6.07, 6.45) is 3.60. The van der Waals surface area contributed by atoms with Crippen LogP contribution >= 0.6 is 0 Å². The maximum atomic E-state index is 5.62. The predicted molar refractivity (Wildman–Crippen MR) is 62.1 cm³/mol. The van der Waals surface area contributed by atoms with E-state index in [0.29, 0.717) is 12.1 Å². The number of hydrogen-bond donors (Lipinski definition) is 1. The Labute approximate surface area is 93.5 Å². The number of nitrogens with one attached hydrogen (secondary N) is 1. The van der Waals surface area contributed by atoms with Gasteiger partial charge in [-0.2, -0.15) is 0 Å². The molecular formula is C12H25NO2. The Bertz CT molecular complexity index is 164. The van der Waals surface area contributed by atoms with Gasteiger partial charge in [0.1, 0.15) is 0 Å². The average Bonchev–Trinajstić information content (AvgIpc) is 2.23. The summed E-state index contributed by atoms with van der Waals surface area (Å²) in [5.41, 5.74) is 0. The van der Waals surface area contributed by atoms with Gasteiger partial charge in [-0.15, -0.1) is 0 Å². The van der Waals surface area contributed by atoms with Crippen molar-refractivity contribution in [1.82, 2.24) is 5.32 Å². The van der Waals surface area contributed by atoms with Gasteiger partial charge in [0, 0.05) is 25.8 Å². The van der Waals surface area contributed by atoms with Crippen molar-refractivity contribution < 1.29 is 9.47 Å². The van der Waals surface area contributed by atoms with Crippen molar-refractivity contribution >= 4 is 0 Å². The second-order valence-corrected chi connectivity index (χ2v) is 4.55. The average molecular weight is 215 g/mol. The highest BCUT2D eigenvalue weighted by Gasteiger charge is 2.26. The lowest BCUT2D eigenvalue weighted by Crippen LogP contribution is -2.50. The third kappa shape index (κ3) is 4.49. The maximum absolute atomic E-state index is 5.62. The minimum atomic E-state index is 0.505. The molecule has 0 bridgehead atoms. The van der Waals surface area contributed by atoms with Gasteiger partial charge in [0.15, 0.2) is 0 Å². The van der Waals surface area contributed by atoms with Crippen molar-refractivity contribution in [3.8, 4) is 0 Å². The standard InChI is InChI=1S/C12H25NO2/c1-4-7-15-9-12-10(2)5-6-11(13-12)8-14-3/h10-13H,4-9H2,1-3H3. The van der Waals surface area contributed by atoms with Crippen LogP contribution in [0.5, 0.6) is 0 Å². The number of rotatable bonds is 6. The fourth-order valence-corrected chi connectivity index (χ4v) is 2.12. The highest BCUT2D eigenvalue weighted by molar-refractivity contribution is 4.84. The second kappa shape index (κ2) is 7.20. The lowest BCUT2D eigenvalue weighted by atomic mass is 9.89. The van der Waals surface area contributed by atoms with Crippen LogP contribution in [0.4, 0.5) is 0 Å². The SMILES string of the molecule is CCCOCC1NC(COC)CCC1C. The summed E-state index contributed by atoms with van der Waals surface area (Å²) in [7, 11) is 1.77. The van der Waals surface area contributed by atoms with Crippen LogP contribution in [-0.2, 0) is 9.47 Å². The van der Waals surface area contributed by atoms with Crippen LogP contribution in [0.3, 0.4) is 0 Å². The van der Waals surface area contributed by atoms with Crippen LogP contribution in [0.1, 0.15) is 33.1 Å². The second-order valence-electron chi connectivity index (χ2n) is 4.55. The predicted octanol–water partition coefficient (Wildman–Crippen LogP) is 1.82. The van der Waals surface area contributed by atoms with E-state index in [1.807, 2.05) is 0 Å². The Balaban J connectivity index is 2.26. The zero-order valence-corrected chi connectivity index (χ0v) is 10.3. The molecule has 1 aliphatic heterocycles. The summed E-state index contributed by atoms with van der Waals surface area (Å²) in [5.74, 6) is 0.718. The zero-order chi connectivity index (χ0) is 11.1. The third-order valence-corrected chi connectivity index (χ3v) is 3.12. The van der Waals surface area contributed by atoms with Gasteiger partial charge in [0.2, 0.25) is 0 Å². The summed E-state index contributed by atoms with van der Waals surface area (Å²) in [5, 5.41) is 3.61. The van der Waals surface area contributed by atoms with Crippen molar-refractivity contribution in [3.05, 3.63) is 0 Å². The van der Waals surface area contributed by atoms with E-state index in [4.69, 9.17) is 9.47 Å². The van der Waals surface area contributed by atoms with Crippen LogP contribution in [0, 0.1) is 5.92 Å². The normalized spacial score (nSPS) is 31.8. The molecule has 1 N–H and O–H groups in total. The third-order valence-electron chi connectivity index (χ3n) is 3.12. The molecule has 0 spiro atoms. The zero-order valence-electron chi connectivity index (χ0n) is 10.3. The molecule has 3 heteroatoms. The van der Waals surface area contributed by atoms with E-state index in [1.54, 1.807) is 7.11 Å². The molecule has 0 aliphatic carbocycles. The Hall–Kier alpha value is -0.120. The Morgan fingerprint density at radius 3 is 2.73 bits per heavy atom. The minimum Gasteiger partial charge on any atom is -0.383 e. The first-order valence-electron chi connectivity index (χ1n) is 6.10. The molecule has 90 valence electrons. The molecule has 0 amide bonds. The van der Waals surface area contributed by atoms with Crippen LogP contribution in [0.2, 0.25) is 0 Å². The Morgan fingerprint density at radius 1 is 1.27 bits per heavy atom. The van der Waals surface area contributed by atoms with E-state index < -0.39 is 0 Å². The molecule has 1 heterocycles. The van der Waals surface area contributed by atoms with Gasteiger partial charge in [-0.25, -0.2) is 0 Å². The molecule has 3 nitrogen and oxygen atoms in total. The number of ether oxygens (including phenoxy) is 2. The smallest absolute Gasteiger partial charge is 0.0622 e. The summed E-state index contributed by atoms with van der Waals surface area (Å²) in [4.78, 5) is 0. The molecule has 0 aromatic heterocycles. The van der Waals surface area contributed by atoms with Gasteiger partial charge in [-0.05, 0) is 25.2 Å². The molecule has 1 saturated heterocycles. The molecule has 1 aliphatic rings. The lowest BCUT2D eigenvalue weighted by Gasteiger charge is -2.35. The molecular weight excluding hydrogens is 190 g/mol. The van der Waals surface area contributed by atoms with Crippen LogP contribution in [-0.4, -0.2) is 39.0 Å². The van der Waals surface area contributed by atoms with E-state index in [-0.39, 0.29) is 0 Å². The van der Waals surface area contributed by atoms with E-state index in [2.05, 4.69) is 19.2 Å². The highest BCUT2D eigenvalue weighted by atomic mass is 16.5. The van der Waals surface area contributed by atoms with Gasteiger partial charge in [0.25, 0.3) is 0 Å². The van der Waals surface area contributed by atoms with E-state index in [1.165, 1.54) is 12.8 Å². The van der Waals surface area contributed by atoms with Crippen molar-refractivity contribution in [2.24, 2.45) is 5.92 Å². The summed E-state index contributed by atoms with van der Waals surface area (Å²) >= 11 is 0. The van der Waals surface area contributed by atoms with Crippen LogP contribution in [0.15, 0.2) is 0 Å². The first-order chi connectivity index (χ1) is 7.27. The van der Waals surface area contributed by atoms with Crippen LogP contribution < -0.4 is 5.32 Å². The van der Waals surface area contributed by atoms with Crippen molar-refractivity contribution in [2.75, 3.05) is 26.9 Å². The fraction of sp³-hybridized carbons (Fsp3) is 1.00. The molecule has 3 atom stereocenters. The monoisotopic (exact) mass is 215 g/mol. The molecule has 0 aromatic carbocycles. The first kappa shape index (κ1) is 12.9. The van der Waals surface area contributed by atoms with Gasteiger partial charge in [-0.3, -0.25) is 0 Å². The minimum absolute atomic E-state index is 0.505. The summed E-state index contributed by atoms with van der Waals surface area (Å²) in [6.45, 7) is 6.98. The molecule has 15 heavy (non-hydrogen) atoms. The largest absolute Gasteiger partial charge is 0.383 e. The molecule has 1 fully saturated rings. The molecule has 0 aromatic rings. The highest BCUT2D eigenvalue weighted by Crippen LogP contribution is 2.19. The molecule has 1 rings (SSSR count). The van der Waals surface area contributed by atoms with Crippen molar-refractivity contribution in [3.63, 3.8) is 0 Å². The number of hydrogen-bond acceptors (Lipinski definition) is 3. The maximum Gasteiger partial charge on any atom is 0.0622 e. The van der Waals surface area contributed by atoms with Gasteiger partial charge in [-0.1, -0.05) is 13.8 Å². The number of methoxy groups -OCH3 is 1. The molecule has 0 saturated carbocycles. The quantitative estimate of drug-likeness (QED) is 0.686. The van der Waals surface area contributed by atoms with Crippen molar-refractivity contribution in [2.45, 2.75) is 45.2 Å². The van der Waals surface area contributed by atoms with Crippen LogP contribution in [0.25, 0.3) is 0 Å². The Morgan fingerprint density at radius 2 is 2.07 bits per heavy atom. The fourth-order valence-electron chi connectivity index (χ4n) is 2.12. The summed E-state index contributed by atoms with van der Waals surface area (Å²) < 4.78 is 10.8. The summed E-state index contributed by atoms with van der Waals surface area (Å²) in [6, 6.07) is 1.02. The topological polar surface area (TPSA) is 30.5 Å². The molecule has 0 radical (unpaired) electrons. The van der Waals surface area contributed by atoms with Crippen molar-refractivity contribution in [1.29, 1.82) is 0 Å². The first-order valence-corrected chi connectivity index (χ1v) is 6.10. The van der Waals surface area contributed by atoms with E-state index in [0.717, 1.165) is 32.2 Å². The van der Waals surface area contributed by atoms with Gasteiger partial charge in [0.05, 0.1) is 13.2 Å². The Kier molecular flexibility index (Phi) is 6.22.